The summed E-state index contributed by atoms with van der Waals surface area (Å²) in [5.41, 5.74) is 1.35. The first-order valence-corrected chi connectivity index (χ1v) is 9.78. The lowest BCUT2D eigenvalue weighted by Gasteiger charge is -2.34. The van der Waals surface area contributed by atoms with Gasteiger partial charge in [0, 0.05) is 13.0 Å². The van der Waals surface area contributed by atoms with Crippen LogP contribution in [-0.2, 0) is 11.2 Å². The number of hydrogen-bond donors (Lipinski definition) is 2. The average Bonchev–Trinajstić information content (AvgIpc) is 3.00. The van der Waals surface area contributed by atoms with Crippen molar-refractivity contribution in [2.45, 2.75) is 45.4 Å². The minimum absolute atomic E-state index is 0.194. The van der Waals surface area contributed by atoms with Crippen molar-refractivity contribution in [1.82, 2.24) is 15.6 Å². The highest BCUT2D eigenvalue weighted by Gasteiger charge is 2.26. The van der Waals surface area contributed by atoms with Gasteiger partial charge >= 0.3 is 0 Å². The number of thiazole rings is 1. The van der Waals surface area contributed by atoms with E-state index in [1.54, 1.807) is 11.3 Å². The number of fused-ring (bicyclic) bond motifs is 1. The second kappa shape index (κ2) is 8.08. The number of aromatic nitrogens is 1. The molecule has 1 aromatic carbocycles. The minimum atomic E-state index is 0.194. The molecule has 0 radical (unpaired) electrons. The molecule has 2 N–H and O–H groups in total. The SMILES string of the molecule is CC1(CNC(=O)CCCCc2nc3ccccc3s2)CCNCC1. The highest BCUT2D eigenvalue weighted by Crippen LogP contribution is 2.26. The van der Waals surface area contributed by atoms with E-state index in [0.717, 1.165) is 57.3 Å². The van der Waals surface area contributed by atoms with Gasteiger partial charge in [-0.25, -0.2) is 4.98 Å². The van der Waals surface area contributed by atoms with Gasteiger partial charge in [-0.3, -0.25) is 4.79 Å². The predicted octanol–water partition coefficient (Wildman–Crippen LogP) is 3.52. The van der Waals surface area contributed by atoms with Gasteiger partial charge < -0.3 is 10.6 Å². The van der Waals surface area contributed by atoms with E-state index in [2.05, 4.69) is 40.7 Å². The molecule has 5 heteroatoms. The van der Waals surface area contributed by atoms with Crippen molar-refractivity contribution in [2.75, 3.05) is 19.6 Å². The molecule has 0 spiro atoms. The Morgan fingerprint density at radius 1 is 1.29 bits per heavy atom. The van der Waals surface area contributed by atoms with Crippen molar-refractivity contribution >= 4 is 27.5 Å². The third kappa shape index (κ3) is 4.77. The molecule has 4 nitrogen and oxygen atoms in total. The molecule has 24 heavy (non-hydrogen) atoms. The van der Waals surface area contributed by atoms with Crippen molar-refractivity contribution in [1.29, 1.82) is 0 Å². The maximum absolute atomic E-state index is 12.0. The Morgan fingerprint density at radius 3 is 2.88 bits per heavy atom. The van der Waals surface area contributed by atoms with Crippen molar-refractivity contribution < 1.29 is 4.79 Å². The van der Waals surface area contributed by atoms with Crippen LogP contribution in [0, 0.1) is 5.41 Å². The summed E-state index contributed by atoms with van der Waals surface area (Å²) in [6, 6.07) is 8.26. The summed E-state index contributed by atoms with van der Waals surface area (Å²) in [6.45, 7) is 5.22. The Labute approximate surface area is 148 Å². The highest BCUT2D eigenvalue weighted by molar-refractivity contribution is 7.18. The molecule has 0 unspecified atom stereocenters. The zero-order valence-electron chi connectivity index (χ0n) is 14.4. The minimum Gasteiger partial charge on any atom is -0.356 e. The molecule has 0 bridgehead atoms. The Hall–Kier alpha value is -1.46. The summed E-state index contributed by atoms with van der Waals surface area (Å²) >= 11 is 1.77. The molecule has 0 saturated carbocycles. The molecule has 2 aromatic rings. The molecular formula is C19H27N3OS. The summed E-state index contributed by atoms with van der Waals surface area (Å²) in [5.74, 6) is 0.194. The third-order valence-electron chi connectivity index (χ3n) is 4.91. The number of benzene rings is 1. The Morgan fingerprint density at radius 2 is 2.08 bits per heavy atom. The molecule has 1 amide bonds. The monoisotopic (exact) mass is 345 g/mol. The fourth-order valence-electron chi connectivity index (χ4n) is 3.20. The molecule has 1 aliphatic rings. The van der Waals surface area contributed by atoms with Crippen LogP contribution >= 0.6 is 11.3 Å². The first kappa shape index (κ1) is 17.4. The first-order valence-electron chi connectivity index (χ1n) is 8.97. The maximum Gasteiger partial charge on any atom is 0.220 e. The molecule has 0 aliphatic carbocycles. The van der Waals surface area contributed by atoms with Gasteiger partial charge in [0.05, 0.1) is 15.2 Å². The number of carbonyl (C=O) groups is 1. The third-order valence-corrected chi connectivity index (χ3v) is 6.00. The van der Waals surface area contributed by atoms with E-state index in [1.165, 1.54) is 9.71 Å². The zero-order valence-corrected chi connectivity index (χ0v) is 15.3. The summed E-state index contributed by atoms with van der Waals surface area (Å²) < 4.78 is 1.25. The number of rotatable bonds is 7. The molecule has 1 aliphatic heterocycles. The van der Waals surface area contributed by atoms with Gasteiger partial charge in [0.2, 0.25) is 5.91 Å². The molecule has 3 rings (SSSR count). The van der Waals surface area contributed by atoms with E-state index in [4.69, 9.17) is 0 Å². The fraction of sp³-hybridized carbons (Fsp3) is 0.579. The van der Waals surface area contributed by atoms with Gasteiger partial charge in [0.25, 0.3) is 0 Å². The van der Waals surface area contributed by atoms with Crippen molar-refractivity contribution in [2.24, 2.45) is 5.41 Å². The number of para-hydroxylation sites is 1. The van der Waals surface area contributed by atoms with E-state index in [-0.39, 0.29) is 11.3 Å². The largest absolute Gasteiger partial charge is 0.356 e. The van der Waals surface area contributed by atoms with Gasteiger partial charge in [-0.1, -0.05) is 19.1 Å². The van der Waals surface area contributed by atoms with Crippen LogP contribution < -0.4 is 10.6 Å². The number of piperidine rings is 1. The molecule has 0 atom stereocenters. The standard InChI is InChI=1S/C19H27N3OS/c1-19(10-12-20-13-11-19)14-21-17(23)8-4-5-9-18-22-15-6-2-3-7-16(15)24-18/h2-3,6-7,20H,4-5,8-14H2,1H3,(H,21,23). The van der Waals surface area contributed by atoms with Crippen LogP contribution in [0.2, 0.25) is 0 Å². The molecule has 2 heterocycles. The Kier molecular flexibility index (Phi) is 5.85. The van der Waals surface area contributed by atoms with E-state index in [1.807, 2.05) is 6.07 Å². The van der Waals surface area contributed by atoms with E-state index < -0.39 is 0 Å². The topological polar surface area (TPSA) is 54.0 Å². The van der Waals surface area contributed by atoms with Crippen LogP contribution in [0.15, 0.2) is 24.3 Å². The highest BCUT2D eigenvalue weighted by atomic mass is 32.1. The van der Waals surface area contributed by atoms with Crippen LogP contribution in [0.3, 0.4) is 0 Å². The molecule has 130 valence electrons. The lowest BCUT2D eigenvalue weighted by atomic mass is 9.81. The number of nitrogens with zero attached hydrogens (tertiary/aromatic N) is 1. The zero-order chi connectivity index (χ0) is 16.8. The number of carbonyl (C=O) groups excluding carboxylic acids is 1. The lowest BCUT2D eigenvalue weighted by molar-refractivity contribution is -0.121. The quantitative estimate of drug-likeness (QED) is 0.755. The Bertz CT molecular complexity index is 643. The summed E-state index contributed by atoms with van der Waals surface area (Å²) in [6.07, 6.45) is 5.83. The summed E-state index contributed by atoms with van der Waals surface area (Å²) in [7, 11) is 0. The normalized spacial score (nSPS) is 17.0. The Balaban J connectivity index is 1.34. The van der Waals surface area contributed by atoms with Crippen LogP contribution in [0.1, 0.15) is 44.0 Å². The molecule has 1 aromatic heterocycles. The van der Waals surface area contributed by atoms with Crippen molar-refractivity contribution in [3.8, 4) is 0 Å². The lowest BCUT2D eigenvalue weighted by Crippen LogP contribution is -2.42. The van der Waals surface area contributed by atoms with Gasteiger partial charge in [0.15, 0.2) is 0 Å². The fourth-order valence-corrected chi connectivity index (χ4v) is 4.21. The van der Waals surface area contributed by atoms with Crippen LogP contribution in [0.4, 0.5) is 0 Å². The molecule has 1 fully saturated rings. The van der Waals surface area contributed by atoms with E-state index in [9.17, 15) is 4.79 Å². The number of hydrogen-bond acceptors (Lipinski definition) is 4. The first-order chi connectivity index (χ1) is 11.6. The summed E-state index contributed by atoms with van der Waals surface area (Å²) in [4.78, 5) is 16.7. The van der Waals surface area contributed by atoms with E-state index >= 15 is 0 Å². The second-order valence-corrected chi connectivity index (χ2v) is 8.24. The van der Waals surface area contributed by atoms with Crippen LogP contribution in [0.25, 0.3) is 10.2 Å². The number of amides is 1. The van der Waals surface area contributed by atoms with E-state index in [0.29, 0.717) is 6.42 Å². The van der Waals surface area contributed by atoms with Gasteiger partial charge in [-0.2, -0.15) is 0 Å². The summed E-state index contributed by atoms with van der Waals surface area (Å²) in [5, 5.41) is 7.69. The van der Waals surface area contributed by atoms with Gasteiger partial charge in [-0.05, 0) is 62.7 Å². The number of aryl methyl sites for hydroxylation is 1. The smallest absolute Gasteiger partial charge is 0.220 e. The van der Waals surface area contributed by atoms with Crippen molar-refractivity contribution in [3.63, 3.8) is 0 Å². The van der Waals surface area contributed by atoms with Crippen LogP contribution in [0.5, 0.6) is 0 Å². The van der Waals surface area contributed by atoms with Crippen LogP contribution in [-0.4, -0.2) is 30.5 Å². The van der Waals surface area contributed by atoms with Crippen molar-refractivity contribution in [3.05, 3.63) is 29.3 Å². The molecular weight excluding hydrogens is 318 g/mol. The van der Waals surface area contributed by atoms with Gasteiger partial charge in [0.1, 0.15) is 0 Å². The maximum atomic E-state index is 12.0. The molecule has 1 saturated heterocycles. The predicted molar refractivity (Wildman–Crippen MR) is 100 cm³/mol. The second-order valence-electron chi connectivity index (χ2n) is 7.12. The average molecular weight is 346 g/mol. The number of nitrogens with one attached hydrogen (secondary N) is 2. The number of unbranched alkanes of at least 4 members (excludes halogenated alkanes) is 1. The van der Waals surface area contributed by atoms with Gasteiger partial charge in [-0.15, -0.1) is 11.3 Å².